The molecule has 3 aliphatic rings. The van der Waals surface area contributed by atoms with Crippen molar-refractivity contribution in [2.75, 3.05) is 53.3 Å². The van der Waals surface area contributed by atoms with Crippen LogP contribution in [-0.4, -0.2) is 75.0 Å². The van der Waals surface area contributed by atoms with Crippen LogP contribution in [0, 0.1) is 5.92 Å². The minimum absolute atomic E-state index is 0.0354. The van der Waals surface area contributed by atoms with Gasteiger partial charge in [0, 0.05) is 38.9 Å². The molecule has 3 aliphatic heterocycles. The molecule has 1 amide bonds. The normalized spacial score (nSPS) is 23.1. The monoisotopic (exact) mass is 418 g/mol. The third kappa shape index (κ3) is 5.19. The fourth-order valence-electron chi connectivity index (χ4n) is 4.99. The Labute approximate surface area is 179 Å². The Bertz CT molecular complexity index is 711. The van der Waals surface area contributed by atoms with Crippen LogP contribution in [-0.2, 0) is 9.53 Å². The van der Waals surface area contributed by atoms with E-state index in [0.717, 1.165) is 13.0 Å². The summed E-state index contributed by atoms with van der Waals surface area (Å²) in [6, 6.07) is 6.04. The quantitative estimate of drug-likeness (QED) is 0.575. The zero-order valence-corrected chi connectivity index (χ0v) is 18.0. The van der Waals surface area contributed by atoms with E-state index in [1.165, 1.54) is 45.2 Å². The summed E-state index contributed by atoms with van der Waals surface area (Å²) in [5.74, 6) is 2.59. The summed E-state index contributed by atoms with van der Waals surface area (Å²) >= 11 is 0. The average Bonchev–Trinajstić information content (AvgIpc) is 3.25. The topological polar surface area (TPSA) is 60.5 Å². The highest BCUT2D eigenvalue weighted by Gasteiger charge is 2.34. The summed E-state index contributed by atoms with van der Waals surface area (Å²) < 4.78 is 21.7. The first-order chi connectivity index (χ1) is 14.7. The predicted octanol–water partition coefficient (Wildman–Crippen LogP) is 2.92. The predicted molar refractivity (Wildman–Crippen MR) is 113 cm³/mol. The Morgan fingerprint density at radius 1 is 1.17 bits per heavy atom. The first kappa shape index (κ1) is 21.2. The molecule has 0 aromatic heterocycles. The maximum absolute atomic E-state index is 13.1. The minimum atomic E-state index is 0.0354. The van der Waals surface area contributed by atoms with E-state index < -0.39 is 0 Å². The van der Waals surface area contributed by atoms with Crippen molar-refractivity contribution in [3.05, 3.63) is 18.2 Å². The summed E-state index contributed by atoms with van der Waals surface area (Å²) in [6.45, 7) is 4.87. The number of amides is 1. The van der Waals surface area contributed by atoms with Crippen molar-refractivity contribution in [2.24, 2.45) is 5.92 Å². The number of methoxy groups -OCH3 is 1. The number of rotatable bonds is 9. The highest BCUT2D eigenvalue weighted by Crippen LogP contribution is 2.35. The van der Waals surface area contributed by atoms with Gasteiger partial charge in [-0.25, -0.2) is 0 Å². The van der Waals surface area contributed by atoms with E-state index in [2.05, 4.69) is 4.90 Å². The van der Waals surface area contributed by atoms with E-state index in [1.54, 1.807) is 13.2 Å². The van der Waals surface area contributed by atoms with Crippen molar-refractivity contribution >= 4 is 5.91 Å². The summed E-state index contributed by atoms with van der Waals surface area (Å²) in [7, 11) is 1.70. The zero-order valence-electron chi connectivity index (χ0n) is 18.0. The molecule has 2 saturated heterocycles. The second-order valence-corrected chi connectivity index (χ2v) is 8.49. The van der Waals surface area contributed by atoms with Gasteiger partial charge >= 0.3 is 0 Å². The van der Waals surface area contributed by atoms with Gasteiger partial charge < -0.3 is 28.7 Å². The number of nitrogens with zero attached hydrogens (tertiary/aromatic N) is 2. The van der Waals surface area contributed by atoms with Crippen molar-refractivity contribution in [2.45, 2.75) is 44.6 Å². The molecule has 2 unspecified atom stereocenters. The molecular weight excluding hydrogens is 384 g/mol. The van der Waals surface area contributed by atoms with E-state index in [4.69, 9.17) is 18.9 Å². The SMILES string of the molecule is COCCCN(CC1CCCN2CCCCC12)C(=O)COc1ccc2c(c1)OCO2. The fourth-order valence-corrected chi connectivity index (χ4v) is 4.99. The van der Waals surface area contributed by atoms with Crippen LogP contribution < -0.4 is 14.2 Å². The molecule has 0 radical (unpaired) electrons. The van der Waals surface area contributed by atoms with Crippen LogP contribution >= 0.6 is 0 Å². The molecule has 2 atom stereocenters. The van der Waals surface area contributed by atoms with Crippen LogP contribution in [0.15, 0.2) is 18.2 Å². The fraction of sp³-hybridized carbons (Fsp3) is 0.696. The molecular formula is C23H34N2O5. The Hall–Kier alpha value is -1.99. The van der Waals surface area contributed by atoms with Gasteiger partial charge in [0.25, 0.3) is 5.91 Å². The van der Waals surface area contributed by atoms with E-state index in [1.807, 2.05) is 17.0 Å². The Balaban J connectivity index is 1.36. The molecule has 0 saturated carbocycles. The van der Waals surface area contributed by atoms with Crippen LogP contribution in [0.5, 0.6) is 17.2 Å². The highest BCUT2D eigenvalue weighted by atomic mass is 16.7. The van der Waals surface area contributed by atoms with Gasteiger partial charge in [-0.1, -0.05) is 6.42 Å². The van der Waals surface area contributed by atoms with Gasteiger partial charge in [-0.05, 0) is 63.2 Å². The first-order valence-electron chi connectivity index (χ1n) is 11.3. The van der Waals surface area contributed by atoms with Crippen molar-refractivity contribution in [3.63, 3.8) is 0 Å². The van der Waals surface area contributed by atoms with Gasteiger partial charge in [0.05, 0.1) is 0 Å². The summed E-state index contributed by atoms with van der Waals surface area (Å²) in [4.78, 5) is 17.7. The van der Waals surface area contributed by atoms with Crippen molar-refractivity contribution < 1.29 is 23.7 Å². The first-order valence-corrected chi connectivity index (χ1v) is 11.3. The Morgan fingerprint density at radius 2 is 2.03 bits per heavy atom. The van der Waals surface area contributed by atoms with Crippen LogP contribution in [0.1, 0.15) is 38.5 Å². The lowest BCUT2D eigenvalue weighted by Gasteiger charge is -2.45. The van der Waals surface area contributed by atoms with Crippen molar-refractivity contribution in [3.8, 4) is 17.2 Å². The second-order valence-electron chi connectivity index (χ2n) is 8.49. The molecule has 3 heterocycles. The lowest BCUT2D eigenvalue weighted by atomic mass is 9.83. The molecule has 1 aromatic carbocycles. The Morgan fingerprint density at radius 3 is 2.93 bits per heavy atom. The molecule has 0 aliphatic carbocycles. The summed E-state index contributed by atoms with van der Waals surface area (Å²) in [6.07, 6.45) is 7.16. The summed E-state index contributed by atoms with van der Waals surface area (Å²) in [5, 5.41) is 0. The smallest absolute Gasteiger partial charge is 0.260 e. The largest absolute Gasteiger partial charge is 0.484 e. The molecule has 2 fully saturated rings. The molecule has 0 N–H and O–H groups in total. The third-order valence-electron chi connectivity index (χ3n) is 6.52. The lowest BCUT2D eigenvalue weighted by molar-refractivity contribution is -0.135. The molecule has 0 bridgehead atoms. The highest BCUT2D eigenvalue weighted by molar-refractivity contribution is 5.77. The van der Waals surface area contributed by atoms with E-state index >= 15 is 0 Å². The van der Waals surface area contributed by atoms with Gasteiger partial charge in [0.1, 0.15) is 5.75 Å². The maximum Gasteiger partial charge on any atom is 0.260 e. The van der Waals surface area contributed by atoms with Gasteiger partial charge in [0.15, 0.2) is 18.1 Å². The van der Waals surface area contributed by atoms with Gasteiger partial charge in [-0.15, -0.1) is 0 Å². The van der Waals surface area contributed by atoms with Crippen molar-refractivity contribution in [1.29, 1.82) is 0 Å². The lowest BCUT2D eigenvalue weighted by Crippen LogP contribution is -2.52. The number of piperidine rings is 2. The number of carbonyl (C=O) groups excluding carboxylic acids is 1. The van der Waals surface area contributed by atoms with Crippen LogP contribution in [0.25, 0.3) is 0 Å². The number of fused-ring (bicyclic) bond motifs is 2. The van der Waals surface area contributed by atoms with E-state index in [0.29, 0.717) is 42.4 Å². The van der Waals surface area contributed by atoms with Crippen molar-refractivity contribution in [1.82, 2.24) is 9.80 Å². The van der Waals surface area contributed by atoms with Crippen LogP contribution in [0.3, 0.4) is 0 Å². The number of carbonyl (C=O) groups is 1. The molecule has 0 spiro atoms. The number of hydrogen-bond donors (Lipinski definition) is 0. The average molecular weight is 419 g/mol. The molecule has 1 aromatic rings. The number of hydrogen-bond acceptors (Lipinski definition) is 6. The standard InChI is InChI=1S/C23H34N2O5/c1-27-13-5-12-25(15-18-6-4-11-24-10-3-2-7-20(18)24)23(26)16-28-19-8-9-21-22(14-19)30-17-29-21/h8-9,14,18,20H,2-7,10-13,15-17H2,1H3. The third-order valence-corrected chi connectivity index (χ3v) is 6.52. The molecule has 7 nitrogen and oxygen atoms in total. The maximum atomic E-state index is 13.1. The van der Waals surface area contributed by atoms with E-state index in [-0.39, 0.29) is 19.3 Å². The van der Waals surface area contributed by atoms with Crippen LogP contribution in [0.4, 0.5) is 0 Å². The zero-order chi connectivity index (χ0) is 20.8. The van der Waals surface area contributed by atoms with Gasteiger partial charge in [-0.3, -0.25) is 4.79 Å². The van der Waals surface area contributed by atoms with Crippen LogP contribution in [0.2, 0.25) is 0 Å². The molecule has 30 heavy (non-hydrogen) atoms. The Kier molecular flexibility index (Phi) is 7.33. The van der Waals surface area contributed by atoms with Gasteiger partial charge in [0.2, 0.25) is 6.79 Å². The van der Waals surface area contributed by atoms with Gasteiger partial charge in [-0.2, -0.15) is 0 Å². The summed E-state index contributed by atoms with van der Waals surface area (Å²) in [5.41, 5.74) is 0. The second kappa shape index (κ2) is 10.4. The molecule has 166 valence electrons. The minimum Gasteiger partial charge on any atom is -0.484 e. The number of ether oxygens (including phenoxy) is 4. The molecule has 7 heteroatoms. The number of benzene rings is 1. The molecule has 4 rings (SSSR count). The van der Waals surface area contributed by atoms with E-state index in [9.17, 15) is 4.79 Å².